The van der Waals surface area contributed by atoms with E-state index in [1.54, 1.807) is 0 Å². The Balaban J connectivity index is 0. The summed E-state index contributed by atoms with van der Waals surface area (Å²) in [5.74, 6) is 0.822. The molecule has 0 aliphatic carbocycles. The topological polar surface area (TPSA) is 44.4 Å². The molecule has 1 heterocycles. The fourth-order valence-electron chi connectivity index (χ4n) is 1.95. The minimum absolute atomic E-state index is 0. The van der Waals surface area contributed by atoms with Crippen LogP contribution in [0.25, 0.3) is 0 Å². The van der Waals surface area contributed by atoms with E-state index in [0.717, 1.165) is 26.2 Å². The van der Waals surface area contributed by atoms with Crippen LogP contribution in [-0.4, -0.2) is 50.6 Å². The van der Waals surface area contributed by atoms with Crippen molar-refractivity contribution in [3.63, 3.8) is 0 Å². The molecule has 6 heteroatoms. The molecule has 104 valence electrons. The van der Waals surface area contributed by atoms with Gasteiger partial charge in [0.05, 0.1) is 0 Å². The molecule has 0 aromatic rings. The number of amides is 1. The summed E-state index contributed by atoms with van der Waals surface area (Å²) in [6.07, 6.45) is 1.81. The van der Waals surface area contributed by atoms with Gasteiger partial charge in [-0.3, -0.25) is 4.79 Å². The van der Waals surface area contributed by atoms with Gasteiger partial charge in [0.2, 0.25) is 5.91 Å². The lowest BCUT2D eigenvalue weighted by Gasteiger charge is -2.13. The zero-order chi connectivity index (χ0) is 11.1. The van der Waals surface area contributed by atoms with Crippen LogP contribution in [-0.2, 0) is 4.79 Å². The Hall–Kier alpha value is -0.0300. The number of likely N-dealkylation sites (tertiary alicyclic amines) is 1. The van der Waals surface area contributed by atoms with E-state index in [-0.39, 0.29) is 30.7 Å². The van der Waals surface area contributed by atoms with Crippen LogP contribution >= 0.6 is 24.8 Å². The second kappa shape index (κ2) is 11.1. The molecule has 1 amide bonds. The third-order valence-corrected chi connectivity index (χ3v) is 3.01. The predicted octanol–water partition coefficient (Wildman–Crippen LogP) is 0.897. The maximum Gasteiger partial charge on any atom is 0.221 e. The van der Waals surface area contributed by atoms with E-state index in [1.165, 1.54) is 13.0 Å². The van der Waals surface area contributed by atoms with Crippen LogP contribution in [0.2, 0.25) is 0 Å². The first kappa shape index (κ1) is 19.3. The molecular formula is C11H25Cl2N3O. The van der Waals surface area contributed by atoms with Gasteiger partial charge in [-0.2, -0.15) is 0 Å². The highest BCUT2D eigenvalue weighted by molar-refractivity contribution is 5.85. The van der Waals surface area contributed by atoms with E-state index in [4.69, 9.17) is 0 Å². The van der Waals surface area contributed by atoms with Crippen LogP contribution in [0.3, 0.4) is 0 Å². The Kier molecular flexibility index (Phi) is 12.6. The SMILES string of the molecule is CCN1CCC(CNC(=O)CCNC)C1.Cl.Cl. The van der Waals surface area contributed by atoms with Crippen LogP contribution < -0.4 is 10.6 Å². The van der Waals surface area contributed by atoms with Gasteiger partial charge in [0, 0.05) is 26.1 Å². The number of rotatable bonds is 6. The Morgan fingerprint density at radius 1 is 1.41 bits per heavy atom. The number of hydrogen-bond acceptors (Lipinski definition) is 3. The fourth-order valence-corrected chi connectivity index (χ4v) is 1.95. The molecule has 1 fully saturated rings. The molecule has 2 N–H and O–H groups in total. The van der Waals surface area contributed by atoms with E-state index in [0.29, 0.717) is 12.3 Å². The van der Waals surface area contributed by atoms with Gasteiger partial charge in [0.15, 0.2) is 0 Å². The van der Waals surface area contributed by atoms with E-state index >= 15 is 0 Å². The number of nitrogens with zero attached hydrogens (tertiary/aromatic N) is 1. The first-order valence-electron chi connectivity index (χ1n) is 5.90. The molecule has 0 bridgehead atoms. The zero-order valence-electron chi connectivity index (χ0n) is 10.7. The Morgan fingerprint density at radius 2 is 2.12 bits per heavy atom. The average molecular weight is 286 g/mol. The summed E-state index contributed by atoms with van der Waals surface area (Å²) in [5.41, 5.74) is 0. The molecule has 17 heavy (non-hydrogen) atoms. The lowest BCUT2D eigenvalue weighted by atomic mass is 10.1. The van der Waals surface area contributed by atoms with Gasteiger partial charge in [0.25, 0.3) is 0 Å². The van der Waals surface area contributed by atoms with E-state index in [2.05, 4.69) is 22.5 Å². The van der Waals surface area contributed by atoms with Crippen molar-refractivity contribution in [1.29, 1.82) is 0 Å². The second-order valence-electron chi connectivity index (χ2n) is 4.21. The summed E-state index contributed by atoms with van der Waals surface area (Å²) < 4.78 is 0. The predicted molar refractivity (Wildman–Crippen MR) is 76.3 cm³/mol. The van der Waals surface area contributed by atoms with E-state index < -0.39 is 0 Å². The summed E-state index contributed by atoms with van der Waals surface area (Å²) in [7, 11) is 1.86. The molecule has 1 aliphatic rings. The zero-order valence-corrected chi connectivity index (χ0v) is 12.3. The lowest BCUT2D eigenvalue weighted by molar-refractivity contribution is -0.121. The highest BCUT2D eigenvalue weighted by Crippen LogP contribution is 2.14. The van der Waals surface area contributed by atoms with Crippen molar-refractivity contribution in [3.8, 4) is 0 Å². The highest BCUT2D eigenvalue weighted by atomic mass is 35.5. The summed E-state index contributed by atoms with van der Waals surface area (Å²) >= 11 is 0. The summed E-state index contributed by atoms with van der Waals surface area (Å²) in [4.78, 5) is 13.8. The minimum atomic E-state index is 0. The van der Waals surface area contributed by atoms with Crippen LogP contribution in [0.5, 0.6) is 0 Å². The highest BCUT2D eigenvalue weighted by Gasteiger charge is 2.21. The van der Waals surface area contributed by atoms with E-state index in [1.807, 2.05) is 7.05 Å². The standard InChI is InChI=1S/C11H23N3O.2ClH/c1-3-14-7-5-10(9-14)8-13-11(15)4-6-12-2;;/h10,12H,3-9H2,1-2H3,(H,13,15);2*1H. The number of carbonyl (C=O) groups is 1. The Bertz CT molecular complexity index is 205. The third kappa shape index (κ3) is 7.82. The number of hydrogen-bond donors (Lipinski definition) is 2. The van der Waals surface area contributed by atoms with Crippen molar-refractivity contribution in [1.82, 2.24) is 15.5 Å². The molecule has 4 nitrogen and oxygen atoms in total. The van der Waals surface area contributed by atoms with Crippen molar-refractivity contribution in [2.75, 3.05) is 39.8 Å². The van der Waals surface area contributed by atoms with Gasteiger partial charge in [0.1, 0.15) is 0 Å². The van der Waals surface area contributed by atoms with Gasteiger partial charge in [-0.05, 0) is 32.5 Å². The molecule has 1 unspecified atom stereocenters. The van der Waals surface area contributed by atoms with Crippen LogP contribution in [0.4, 0.5) is 0 Å². The molecule has 0 aromatic carbocycles. The number of carbonyl (C=O) groups excluding carboxylic acids is 1. The van der Waals surface area contributed by atoms with Gasteiger partial charge < -0.3 is 15.5 Å². The molecule has 0 saturated carbocycles. The normalized spacial score (nSPS) is 19.3. The molecule has 1 aliphatic heterocycles. The van der Waals surface area contributed by atoms with Crippen molar-refractivity contribution in [3.05, 3.63) is 0 Å². The molecule has 0 aromatic heterocycles. The van der Waals surface area contributed by atoms with Crippen LogP contribution in [0, 0.1) is 5.92 Å². The van der Waals surface area contributed by atoms with Gasteiger partial charge in [-0.25, -0.2) is 0 Å². The first-order valence-corrected chi connectivity index (χ1v) is 5.90. The largest absolute Gasteiger partial charge is 0.356 e. The van der Waals surface area contributed by atoms with E-state index in [9.17, 15) is 4.79 Å². The molecule has 1 rings (SSSR count). The Morgan fingerprint density at radius 3 is 2.65 bits per heavy atom. The minimum Gasteiger partial charge on any atom is -0.356 e. The molecule has 1 saturated heterocycles. The molecular weight excluding hydrogens is 261 g/mol. The summed E-state index contributed by atoms with van der Waals surface area (Å²) in [5, 5.41) is 5.97. The summed E-state index contributed by atoms with van der Waals surface area (Å²) in [6.45, 7) is 7.26. The molecule has 1 atom stereocenters. The van der Waals surface area contributed by atoms with Gasteiger partial charge in [-0.1, -0.05) is 6.92 Å². The maximum absolute atomic E-state index is 11.3. The average Bonchev–Trinajstić information content (AvgIpc) is 2.71. The molecule has 0 radical (unpaired) electrons. The third-order valence-electron chi connectivity index (χ3n) is 3.01. The van der Waals surface area contributed by atoms with Crippen molar-refractivity contribution >= 4 is 30.7 Å². The van der Waals surface area contributed by atoms with Crippen molar-refractivity contribution in [2.45, 2.75) is 19.8 Å². The van der Waals surface area contributed by atoms with Gasteiger partial charge in [-0.15, -0.1) is 24.8 Å². The van der Waals surface area contributed by atoms with Crippen LogP contribution in [0.1, 0.15) is 19.8 Å². The number of nitrogens with one attached hydrogen (secondary N) is 2. The quantitative estimate of drug-likeness (QED) is 0.762. The first-order chi connectivity index (χ1) is 7.26. The number of halogens is 2. The fraction of sp³-hybridized carbons (Fsp3) is 0.909. The van der Waals surface area contributed by atoms with Crippen molar-refractivity contribution in [2.24, 2.45) is 5.92 Å². The smallest absolute Gasteiger partial charge is 0.221 e. The molecule has 0 spiro atoms. The van der Waals surface area contributed by atoms with Crippen LogP contribution in [0.15, 0.2) is 0 Å². The summed E-state index contributed by atoms with van der Waals surface area (Å²) in [6, 6.07) is 0. The monoisotopic (exact) mass is 285 g/mol. The Labute approximate surface area is 117 Å². The lowest BCUT2D eigenvalue weighted by Crippen LogP contribution is -2.32. The second-order valence-corrected chi connectivity index (χ2v) is 4.21. The van der Waals surface area contributed by atoms with Crippen molar-refractivity contribution < 1.29 is 4.79 Å². The van der Waals surface area contributed by atoms with Gasteiger partial charge >= 0.3 is 0 Å². The maximum atomic E-state index is 11.3.